The highest BCUT2D eigenvalue weighted by Gasteiger charge is 2.26. The van der Waals surface area contributed by atoms with Gasteiger partial charge in [-0.3, -0.25) is 4.79 Å². The van der Waals surface area contributed by atoms with Crippen LogP contribution in [-0.4, -0.2) is 11.1 Å². The predicted molar refractivity (Wildman–Crippen MR) is 46.3 cm³/mol. The van der Waals surface area contributed by atoms with Crippen LogP contribution in [0.4, 0.5) is 4.48 Å². The van der Waals surface area contributed by atoms with Crippen molar-refractivity contribution in [3.05, 3.63) is 17.0 Å². The van der Waals surface area contributed by atoms with Gasteiger partial charge in [-0.05, 0) is 25.2 Å². The Balaban J connectivity index is 2.35. The number of carbonyl (C=O) groups excluding carboxylic acids is 1. The highest BCUT2D eigenvalue weighted by Crippen LogP contribution is 2.27. The summed E-state index contributed by atoms with van der Waals surface area (Å²) in [5.41, 5.74) is 2.62. The van der Waals surface area contributed by atoms with E-state index in [-0.39, 0.29) is 5.76 Å². The zero-order valence-electron chi connectivity index (χ0n) is 7.84. The van der Waals surface area contributed by atoms with E-state index in [0.29, 0.717) is 5.92 Å². The molecule has 4 nitrogen and oxygen atoms in total. The number of aryl methyl sites for hydroxylation is 1. The normalized spacial score (nSPS) is 20.3. The van der Waals surface area contributed by atoms with Crippen LogP contribution in [0.15, 0.2) is 4.52 Å². The number of hydrogen-bond donors (Lipinski definition) is 1. The van der Waals surface area contributed by atoms with Crippen molar-refractivity contribution in [3.8, 4) is 0 Å². The molecular formula is C9H11FN2O2. The van der Waals surface area contributed by atoms with Crippen LogP contribution in [-0.2, 0) is 12.8 Å². The van der Waals surface area contributed by atoms with Crippen LogP contribution in [0.25, 0.3) is 0 Å². The highest BCUT2D eigenvalue weighted by atomic mass is 19.2. The first-order chi connectivity index (χ1) is 6.72. The number of carbonyl (C=O) groups is 1. The molecule has 2 rings (SSSR count). The second-order valence-electron chi connectivity index (χ2n) is 3.71. The van der Waals surface area contributed by atoms with Crippen molar-refractivity contribution in [2.45, 2.75) is 26.2 Å². The summed E-state index contributed by atoms with van der Waals surface area (Å²) in [6.45, 7) is 2.09. The zero-order valence-corrected chi connectivity index (χ0v) is 7.84. The Hall–Kier alpha value is -1.39. The van der Waals surface area contributed by atoms with Gasteiger partial charge < -0.3 is 4.52 Å². The molecule has 1 heterocycles. The van der Waals surface area contributed by atoms with Gasteiger partial charge >= 0.3 is 5.91 Å². The maximum atomic E-state index is 11.9. The monoisotopic (exact) mass is 198 g/mol. The smallest absolute Gasteiger partial charge is 0.317 e. The Bertz CT molecular complexity index is 362. The van der Waals surface area contributed by atoms with E-state index in [1.54, 1.807) is 0 Å². The average molecular weight is 198 g/mol. The topological polar surface area (TPSA) is 55.1 Å². The van der Waals surface area contributed by atoms with Crippen molar-refractivity contribution >= 4 is 5.91 Å². The first kappa shape index (κ1) is 9.18. The Morgan fingerprint density at radius 2 is 2.50 bits per heavy atom. The van der Waals surface area contributed by atoms with Crippen molar-refractivity contribution in [2.75, 3.05) is 0 Å². The summed E-state index contributed by atoms with van der Waals surface area (Å²) in [4.78, 5) is 11.0. The molecule has 0 bridgehead atoms. The number of fused-ring (bicyclic) bond motifs is 1. The molecule has 14 heavy (non-hydrogen) atoms. The van der Waals surface area contributed by atoms with Crippen LogP contribution in [0.1, 0.15) is 35.2 Å². The number of nitrogens with one attached hydrogen (secondary N) is 1. The van der Waals surface area contributed by atoms with Gasteiger partial charge in [0.1, 0.15) is 0 Å². The van der Waals surface area contributed by atoms with Crippen LogP contribution in [0, 0.1) is 5.92 Å². The van der Waals surface area contributed by atoms with E-state index in [9.17, 15) is 9.28 Å². The van der Waals surface area contributed by atoms with Crippen molar-refractivity contribution in [3.63, 3.8) is 0 Å². The van der Waals surface area contributed by atoms with Gasteiger partial charge in [-0.15, -0.1) is 0 Å². The maximum Gasteiger partial charge on any atom is 0.317 e. The van der Waals surface area contributed by atoms with E-state index in [2.05, 4.69) is 12.1 Å². The van der Waals surface area contributed by atoms with Gasteiger partial charge in [0, 0.05) is 5.56 Å². The maximum absolute atomic E-state index is 11.9. The third-order valence-electron chi connectivity index (χ3n) is 2.59. The zero-order chi connectivity index (χ0) is 10.1. The van der Waals surface area contributed by atoms with Gasteiger partial charge in [0.15, 0.2) is 0 Å². The minimum absolute atomic E-state index is 0.0223. The standard InChI is InChI=1S/C9H11FN2O2/c1-5-2-3-7-6(4-5)8(14-12-7)9(13)11-10/h5H,2-4H2,1H3,(H,11,13). The number of amides is 1. The van der Waals surface area contributed by atoms with Crippen LogP contribution < -0.4 is 5.54 Å². The summed E-state index contributed by atoms with van der Waals surface area (Å²) < 4.78 is 16.7. The number of hydrogen-bond acceptors (Lipinski definition) is 3. The molecule has 0 spiro atoms. The van der Waals surface area contributed by atoms with Crippen molar-refractivity contribution in [2.24, 2.45) is 5.92 Å². The molecule has 1 aliphatic rings. The second-order valence-corrected chi connectivity index (χ2v) is 3.71. The van der Waals surface area contributed by atoms with E-state index in [1.165, 1.54) is 0 Å². The molecule has 0 saturated heterocycles. The molecule has 0 radical (unpaired) electrons. The summed E-state index contributed by atoms with van der Waals surface area (Å²) in [7, 11) is 0. The van der Waals surface area contributed by atoms with E-state index >= 15 is 0 Å². The summed E-state index contributed by atoms with van der Waals surface area (Å²) in [6, 6.07) is 0. The molecular weight excluding hydrogens is 187 g/mol. The molecule has 1 unspecified atom stereocenters. The molecule has 76 valence electrons. The molecule has 1 amide bonds. The predicted octanol–water partition coefficient (Wildman–Crippen LogP) is 1.41. The van der Waals surface area contributed by atoms with Gasteiger partial charge in [0.2, 0.25) is 5.76 Å². The summed E-state index contributed by atoms with van der Waals surface area (Å²) in [5, 5.41) is 3.76. The SMILES string of the molecule is CC1CCc2noc(C(=O)NF)c2C1. The third-order valence-corrected chi connectivity index (χ3v) is 2.59. The van der Waals surface area contributed by atoms with Crippen molar-refractivity contribution < 1.29 is 13.8 Å². The van der Waals surface area contributed by atoms with Crippen molar-refractivity contribution in [1.82, 2.24) is 10.7 Å². The molecule has 1 N–H and O–H groups in total. The van der Waals surface area contributed by atoms with E-state index in [1.807, 2.05) is 0 Å². The number of halogens is 1. The lowest BCUT2D eigenvalue weighted by atomic mass is 9.88. The van der Waals surface area contributed by atoms with Gasteiger partial charge in [-0.2, -0.15) is 5.54 Å². The number of aromatic nitrogens is 1. The van der Waals surface area contributed by atoms with E-state index in [0.717, 1.165) is 36.1 Å². The third kappa shape index (κ3) is 1.38. The fraction of sp³-hybridized carbons (Fsp3) is 0.556. The lowest BCUT2D eigenvalue weighted by molar-refractivity contribution is 0.0819. The quantitative estimate of drug-likeness (QED) is 0.694. The molecule has 0 saturated carbocycles. The minimum Gasteiger partial charge on any atom is -0.350 e. The lowest BCUT2D eigenvalue weighted by Crippen LogP contribution is -2.18. The Morgan fingerprint density at radius 1 is 1.71 bits per heavy atom. The minimum atomic E-state index is -0.840. The molecule has 1 aromatic rings. The fourth-order valence-electron chi connectivity index (χ4n) is 1.80. The summed E-state index contributed by atoms with van der Waals surface area (Å²) in [5.74, 6) is -0.324. The molecule has 1 aliphatic carbocycles. The molecule has 5 heteroatoms. The molecule has 0 aliphatic heterocycles. The second kappa shape index (κ2) is 3.40. The lowest BCUT2D eigenvalue weighted by Gasteiger charge is -2.15. The number of rotatable bonds is 1. The van der Waals surface area contributed by atoms with E-state index in [4.69, 9.17) is 4.52 Å². The molecule has 0 fully saturated rings. The first-order valence-corrected chi connectivity index (χ1v) is 4.60. The first-order valence-electron chi connectivity index (χ1n) is 4.60. The molecule has 0 aromatic carbocycles. The van der Waals surface area contributed by atoms with E-state index < -0.39 is 5.91 Å². The van der Waals surface area contributed by atoms with Crippen LogP contribution in [0.3, 0.4) is 0 Å². The van der Waals surface area contributed by atoms with Gasteiger partial charge in [-0.1, -0.05) is 16.6 Å². The average Bonchev–Trinajstić information content (AvgIpc) is 2.59. The fourth-order valence-corrected chi connectivity index (χ4v) is 1.80. The Kier molecular flexibility index (Phi) is 2.23. The summed E-state index contributed by atoms with van der Waals surface area (Å²) >= 11 is 0. The Labute approximate surface area is 80.4 Å². The van der Waals surface area contributed by atoms with Crippen LogP contribution >= 0.6 is 0 Å². The largest absolute Gasteiger partial charge is 0.350 e. The van der Waals surface area contributed by atoms with Gasteiger partial charge in [0.25, 0.3) is 0 Å². The van der Waals surface area contributed by atoms with Crippen LogP contribution in [0.5, 0.6) is 0 Å². The van der Waals surface area contributed by atoms with Crippen molar-refractivity contribution in [1.29, 1.82) is 0 Å². The van der Waals surface area contributed by atoms with Crippen LogP contribution in [0.2, 0.25) is 0 Å². The number of nitrogens with zero attached hydrogens (tertiary/aromatic N) is 1. The molecule has 1 atom stereocenters. The summed E-state index contributed by atoms with van der Waals surface area (Å²) in [6.07, 6.45) is 2.58. The van der Waals surface area contributed by atoms with Gasteiger partial charge in [-0.25, -0.2) is 0 Å². The Morgan fingerprint density at radius 3 is 3.21 bits per heavy atom. The highest BCUT2D eigenvalue weighted by molar-refractivity contribution is 5.92. The van der Waals surface area contributed by atoms with Gasteiger partial charge in [0.05, 0.1) is 5.69 Å². The molecule has 1 aromatic heterocycles.